The van der Waals surface area contributed by atoms with Crippen molar-refractivity contribution in [2.45, 2.75) is 27.3 Å². The number of aromatic nitrogens is 1. The summed E-state index contributed by atoms with van der Waals surface area (Å²) in [6, 6.07) is 8.71. The second-order valence-electron chi connectivity index (χ2n) is 5.07. The number of anilines is 1. The monoisotopic (exact) mass is 318 g/mol. The third-order valence-corrected chi connectivity index (χ3v) is 4.24. The zero-order valence-corrected chi connectivity index (χ0v) is 13.5. The van der Waals surface area contributed by atoms with Gasteiger partial charge in [-0.2, -0.15) is 0 Å². The van der Waals surface area contributed by atoms with E-state index in [-0.39, 0.29) is 0 Å². The number of hydrogen-bond donors (Lipinski definition) is 0. The number of pyridine rings is 1. The Morgan fingerprint density at radius 3 is 2.42 bits per heavy atom. The molecule has 0 aliphatic heterocycles. The third kappa shape index (κ3) is 3.35. The van der Waals surface area contributed by atoms with E-state index < -0.39 is 0 Å². The fourth-order valence-corrected chi connectivity index (χ4v) is 2.21. The van der Waals surface area contributed by atoms with Crippen LogP contribution in [0, 0.1) is 20.8 Å². The van der Waals surface area contributed by atoms with Crippen LogP contribution in [0.1, 0.15) is 22.3 Å². The lowest BCUT2D eigenvalue weighted by Crippen LogP contribution is -2.17. The van der Waals surface area contributed by atoms with Crippen molar-refractivity contribution in [2.24, 2.45) is 0 Å². The summed E-state index contributed by atoms with van der Waals surface area (Å²) in [4.78, 5) is 6.62. The van der Waals surface area contributed by atoms with Crippen LogP contribution in [0.5, 0.6) is 0 Å². The standard InChI is InChI=1S/C16H19BrN2/c1-11-5-6-14(7-12(11)2)10-19(4)16-8-13(3)15(17)9-18-16/h5-9H,10H2,1-4H3. The first-order valence-corrected chi connectivity index (χ1v) is 7.16. The molecule has 0 N–H and O–H groups in total. The van der Waals surface area contributed by atoms with Gasteiger partial charge in [-0.3, -0.25) is 0 Å². The molecular formula is C16H19BrN2. The van der Waals surface area contributed by atoms with Crippen molar-refractivity contribution in [1.82, 2.24) is 4.98 Å². The molecule has 1 aromatic carbocycles. The van der Waals surface area contributed by atoms with Crippen LogP contribution in [-0.4, -0.2) is 12.0 Å². The molecule has 3 heteroatoms. The largest absolute Gasteiger partial charge is 0.355 e. The van der Waals surface area contributed by atoms with E-state index in [9.17, 15) is 0 Å². The minimum absolute atomic E-state index is 0.870. The highest BCUT2D eigenvalue weighted by molar-refractivity contribution is 9.10. The van der Waals surface area contributed by atoms with Crippen molar-refractivity contribution in [2.75, 3.05) is 11.9 Å². The van der Waals surface area contributed by atoms with Gasteiger partial charge in [0.05, 0.1) is 0 Å². The highest BCUT2D eigenvalue weighted by atomic mass is 79.9. The number of aryl methyl sites for hydroxylation is 3. The molecule has 2 aromatic rings. The molecule has 1 heterocycles. The highest BCUT2D eigenvalue weighted by Crippen LogP contribution is 2.21. The second-order valence-corrected chi connectivity index (χ2v) is 5.92. The van der Waals surface area contributed by atoms with Gasteiger partial charge in [-0.15, -0.1) is 0 Å². The van der Waals surface area contributed by atoms with Gasteiger partial charge in [0.1, 0.15) is 5.82 Å². The summed E-state index contributed by atoms with van der Waals surface area (Å²) in [5.74, 6) is 0.999. The van der Waals surface area contributed by atoms with E-state index in [1.807, 2.05) is 6.20 Å². The van der Waals surface area contributed by atoms with Crippen molar-refractivity contribution in [3.8, 4) is 0 Å². The van der Waals surface area contributed by atoms with Crippen molar-refractivity contribution < 1.29 is 0 Å². The molecule has 0 aliphatic carbocycles. The van der Waals surface area contributed by atoms with E-state index in [0.29, 0.717) is 0 Å². The molecule has 0 saturated carbocycles. The van der Waals surface area contributed by atoms with Crippen LogP contribution in [-0.2, 0) is 6.54 Å². The van der Waals surface area contributed by atoms with Gasteiger partial charge in [-0.05, 0) is 65.0 Å². The molecule has 0 bridgehead atoms. The van der Waals surface area contributed by atoms with Crippen LogP contribution in [0.15, 0.2) is 34.9 Å². The average molecular weight is 319 g/mol. The summed E-state index contributed by atoms with van der Waals surface area (Å²) in [6.07, 6.45) is 1.86. The molecule has 2 rings (SSSR count). The number of nitrogens with zero attached hydrogens (tertiary/aromatic N) is 2. The van der Waals surface area contributed by atoms with E-state index >= 15 is 0 Å². The lowest BCUT2D eigenvalue weighted by molar-refractivity contribution is 0.893. The van der Waals surface area contributed by atoms with Crippen LogP contribution in [0.3, 0.4) is 0 Å². The summed E-state index contributed by atoms with van der Waals surface area (Å²) in [7, 11) is 2.07. The molecule has 0 aliphatic rings. The first kappa shape index (κ1) is 14.1. The van der Waals surface area contributed by atoms with Gasteiger partial charge in [0.15, 0.2) is 0 Å². The first-order chi connectivity index (χ1) is 8.97. The Balaban J connectivity index is 2.17. The zero-order valence-electron chi connectivity index (χ0n) is 11.9. The Labute approximate surface area is 123 Å². The van der Waals surface area contributed by atoms with Crippen LogP contribution in [0.4, 0.5) is 5.82 Å². The van der Waals surface area contributed by atoms with Crippen LogP contribution < -0.4 is 4.90 Å². The molecule has 0 spiro atoms. The molecule has 0 saturated heterocycles. The maximum absolute atomic E-state index is 4.45. The zero-order chi connectivity index (χ0) is 14.0. The molecule has 1 aromatic heterocycles. The fraction of sp³-hybridized carbons (Fsp3) is 0.312. The van der Waals surface area contributed by atoms with Gasteiger partial charge in [0, 0.05) is 24.3 Å². The second kappa shape index (κ2) is 5.74. The lowest BCUT2D eigenvalue weighted by atomic mass is 10.1. The molecule has 0 fully saturated rings. The van der Waals surface area contributed by atoms with Gasteiger partial charge in [0.2, 0.25) is 0 Å². The van der Waals surface area contributed by atoms with Crippen molar-refractivity contribution in [1.29, 1.82) is 0 Å². The summed E-state index contributed by atoms with van der Waals surface area (Å²) < 4.78 is 1.05. The number of rotatable bonds is 3. The average Bonchev–Trinajstić information content (AvgIpc) is 2.37. The SMILES string of the molecule is Cc1ccc(CN(C)c2cc(C)c(Br)cn2)cc1C. The number of hydrogen-bond acceptors (Lipinski definition) is 2. The molecule has 100 valence electrons. The van der Waals surface area contributed by atoms with Crippen molar-refractivity contribution in [3.05, 3.63) is 57.2 Å². The van der Waals surface area contributed by atoms with Crippen LogP contribution in [0.2, 0.25) is 0 Å². The van der Waals surface area contributed by atoms with E-state index in [0.717, 1.165) is 16.8 Å². The summed E-state index contributed by atoms with van der Waals surface area (Å²) in [5.41, 5.74) is 5.19. The highest BCUT2D eigenvalue weighted by Gasteiger charge is 2.06. The Morgan fingerprint density at radius 1 is 1.05 bits per heavy atom. The summed E-state index contributed by atoms with van der Waals surface area (Å²) in [5, 5.41) is 0. The maximum atomic E-state index is 4.45. The molecular weight excluding hydrogens is 300 g/mol. The van der Waals surface area contributed by atoms with Gasteiger partial charge in [0.25, 0.3) is 0 Å². The fourth-order valence-electron chi connectivity index (χ4n) is 1.99. The van der Waals surface area contributed by atoms with Crippen LogP contribution >= 0.6 is 15.9 Å². The summed E-state index contributed by atoms with van der Waals surface area (Å²) >= 11 is 3.48. The Morgan fingerprint density at radius 2 is 1.79 bits per heavy atom. The Hall–Kier alpha value is -1.35. The van der Waals surface area contributed by atoms with E-state index in [1.165, 1.54) is 22.3 Å². The smallest absolute Gasteiger partial charge is 0.128 e. The van der Waals surface area contributed by atoms with Crippen molar-refractivity contribution in [3.63, 3.8) is 0 Å². The molecule has 0 radical (unpaired) electrons. The van der Waals surface area contributed by atoms with Crippen LogP contribution in [0.25, 0.3) is 0 Å². The first-order valence-electron chi connectivity index (χ1n) is 6.37. The van der Waals surface area contributed by atoms with E-state index in [4.69, 9.17) is 0 Å². The minimum atomic E-state index is 0.870. The maximum Gasteiger partial charge on any atom is 0.128 e. The van der Waals surface area contributed by atoms with Gasteiger partial charge in [-0.25, -0.2) is 4.98 Å². The van der Waals surface area contributed by atoms with Gasteiger partial charge < -0.3 is 4.90 Å². The molecule has 19 heavy (non-hydrogen) atoms. The topological polar surface area (TPSA) is 16.1 Å². The quantitative estimate of drug-likeness (QED) is 0.833. The predicted molar refractivity (Wildman–Crippen MR) is 84.7 cm³/mol. The normalized spacial score (nSPS) is 10.6. The third-order valence-electron chi connectivity index (χ3n) is 3.41. The van der Waals surface area contributed by atoms with E-state index in [1.54, 1.807) is 0 Å². The molecule has 0 atom stereocenters. The molecule has 0 unspecified atom stereocenters. The number of benzene rings is 1. The van der Waals surface area contributed by atoms with Gasteiger partial charge in [-0.1, -0.05) is 18.2 Å². The van der Waals surface area contributed by atoms with Gasteiger partial charge >= 0.3 is 0 Å². The van der Waals surface area contributed by atoms with Crippen molar-refractivity contribution >= 4 is 21.7 Å². The molecule has 2 nitrogen and oxygen atoms in total. The number of halogens is 1. The molecule has 0 amide bonds. The predicted octanol–water partition coefficient (Wildman–Crippen LogP) is 4.41. The van der Waals surface area contributed by atoms with E-state index in [2.05, 4.69) is 77.9 Å². The lowest BCUT2D eigenvalue weighted by Gasteiger charge is -2.19. The minimum Gasteiger partial charge on any atom is -0.355 e. The Kier molecular flexibility index (Phi) is 4.25. The summed E-state index contributed by atoms with van der Waals surface area (Å²) in [6.45, 7) is 7.25. The Bertz CT molecular complexity index is 593.